The van der Waals surface area contributed by atoms with Crippen LogP contribution in [0.25, 0.3) is 0 Å². The van der Waals surface area contributed by atoms with Gasteiger partial charge in [-0.1, -0.05) is 6.92 Å². The Kier molecular flexibility index (Phi) is 4.31. The SMILES string of the molecule is CCOC1CC(=O)C2(C)C3CCC4(O)C(=O)OC5(C)C6CC7(C)C(COC8(OC45C7C8=O)C3CC3OC32C1)C(=O)O6. The molecule has 9 rings (SSSR count). The van der Waals surface area contributed by atoms with Gasteiger partial charge in [-0.25, -0.2) is 4.79 Å². The van der Waals surface area contributed by atoms with Crippen molar-refractivity contribution in [3.63, 3.8) is 0 Å². The first-order valence-electron chi connectivity index (χ1n) is 15.2. The maximum Gasteiger partial charge on any atom is 0.342 e. The number of esters is 2. The van der Waals surface area contributed by atoms with Gasteiger partial charge in [0, 0.05) is 25.4 Å². The quantitative estimate of drug-likeness (QED) is 0.373. The van der Waals surface area contributed by atoms with Crippen molar-refractivity contribution in [2.45, 2.75) is 113 Å². The van der Waals surface area contributed by atoms with Crippen LogP contribution in [0.4, 0.5) is 0 Å². The van der Waals surface area contributed by atoms with Crippen LogP contribution in [0.3, 0.4) is 0 Å². The van der Waals surface area contributed by atoms with Crippen LogP contribution in [-0.4, -0.2) is 88.3 Å². The fourth-order valence-electron chi connectivity index (χ4n) is 11.7. The number of hydrogen-bond donors (Lipinski definition) is 1. The molecule has 3 spiro atoms. The zero-order valence-electron chi connectivity index (χ0n) is 23.7. The van der Waals surface area contributed by atoms with E-state index in [0.29, 0.717) is 19.4 Å². The molecule has 0 amide bonds. The summed E-state index contributed by atoms with van der Waals surface area (Å²) in [7, 11) is 0. The Hall–Kier alpha value is -1.92. The fourth-order valence-corrected chi connectivity index (χ4v) is 11.7. The number of carbonyl (C=O) groups is 4. The lowest BCUT2D eigenvalue weighted by Crippen LogP contribution is -2.79. The molecule has 3 aliphatic carbocycles. The number of ketones is 2. The van der Waals surface area contributed by atoms with Crippen molar-refractivity contribution in [1.82, 2.24) is 0 Å². The van der Waals surface area contributed by atoms with Crippen LogP contribution in [0.2, 0.25) is 0 Å². The Bertz CT molecular complexity index is 1360. The number of ether oxygens (including phenoxy) is 6. The van der Waals surface area contributed by atoms with Gasteiger partial charge in [-0.2, -0.15) is 0 Å². The Balaban J connectivity index is 1.27. The molecule has 0 aromatic heterocycles. The highest BCUT2D eigenvalue weighted by atomic mass is 16.8. The fraction of sp³-hybridized carbons (Fsp3) is 0.867. The Morgan fingerprint density at radius 2 is 1.83 bits per heavy atom. The maximum absolute atomic E-state index is 15.1. The zero-order chi connectivity index (χ0) is 28.8. The van der Waals surface area contributed by atoms with Gasteiger partial charge >= 0.3 is 11.9 Å². The van der Waals surface area contributed by atoms with E-state index in [-0.39, 0.29) is 56.1 Å². The first kappa shape index (κ1) is 25.6. The van der Waals surface area contributed by atoms with Crippen LogP contribution in [0.15, 0.2) is 0 Å². The van der Waals surface area contributed by atoms with E-state index < -0.39 is 80.7 Å². The summed E-state index contributed by atoms with van der Waals surface area (Å²) in [4.78, 5) is 56.4. The summed E-state index contributed by atoms with van der Waals surface area (Å²) in [6.45, 7) is 7.68. The van der Waals surface area contributed by atoms with Gasteiger partial charge < -0.3 is 33.5 Å². The van der Waals surface area contributed by atoms with E-state index in [1.807, 2.05) is 20.8 Å². The highest BCUT2D eigenvalue weighted by Gasteiger charge is 2.94. The largest absolute Gasteiger partial charge is 0.458 e. The summed E-state index contributed by atoms with van der Waals surface area (Å²) >= 11 is 0. The Morgan fingerprint density at radius 3 is 2.59 bits per heavy atom. The summed E-state index contributed by atoms with van der Waals surface area (Å²) in [5.41, 5.74) is -8.36. The molecule has 11 nitrogen and oxygen atoms in total. The third kappa shape index (κ3) is 2.26. The molecule has 0 aromatic rings. The van der Waals surface area contributed by atoms with Gasteiger partial charge in [-0.05, 0) is 57.8 Å². The molecule has 5 bridgehead atoms. The number of epoxide rings is 1. The summed E-state index contributed by atoms with van der Waals surface area (Å²) in [6, 6.07) is 0. The Labute approximate surface area is 236 Å². The minimum Gasteiger partial charge on any atom is -0.458 e. The lowest BCUT2D eigenvalue weighted by atomic mass is 9.46. The summed E-state index contributed by atoms with van der Waals surface area (Å²) < 4.78 is 37.7. The third-order valence-electron chi connectivity index (χ3n) is 13.6. The monoisotopic (exact) mass is 572 g/mol. The minimum atomic E-state index is -2.21. The smallest absolute Gasteiger partial charge is 0.342 e. The maximum atomic E-state index is 15.1. The first-order valence-corrected chi connectivity index (χ1v) is 15.2. The predicted molar refractivity (Wildman–Crippen MR) is 133 cm³/mol. The average Bonchev–Trinajstić information content (AvgIpc) is 3.49. The molecule has 14 atom stereocenters. The van der Waals surface area contributed by atoms with E-state index >= 15 is 4.79 Å². The third-order valence-corrected chi connectivity index (χ3v) is 13.6. The van der Waals surface area contributed by atoms with Crippen molar-refractivity contribution in [2.75, 3.05) is 13.2 Å². The van der Waals surface area contributed by atoms with Gasteiger partial charge in [0.15, 0.2) is 22.6 Å². The topological polar surface area (TPSA) is 147 Å². The molecule has 9 fully saturated rings. The molecule has 6 saturated heterocycles. The highest BCUT2D eigenvalue weighted by molar-refractivity contribution is 5.99. The number of rotatable bonds is 2. The second-order valence-electron chi connectivity index (χ2n) is 14.8. The van der Waals surface area contributed by atoms with E-state index in [1.54, 1.807) is 6.92 Å². The van der Waals surface area contributed by atoms with Crippen LogP contribution >= 0.6 is 0 Å². The molecule has 0 radical (unpaired) electrons. The average molecular weight is 573 g/mol. The van der Waals surface area contributed by atoms with Crippen molar-refractivity contribution >= 4 is 23.5 Å². The molecule has 222 valence electrons. The van der Waals surface area contributed by atoms with Crippen molar-refractivity contribution in [2.24, 2.45) is 34.5 Å². The minimum absolute atomic E-state index is 0.0131. The Morgan fingerprint density at radius 1 is 1.05 bits per heavy atom. The van der Waals surface area contributed by atoms with E-state index in [4.69, 9.17) is 28.4 Å². The summed E-state index contributed by atoms with van der Waals surface area (Å²) in [5, 5.41) is 12.5. The lowest BCUT2D eigenvalue weighted by molar-refractivity contribution is -0.376. The van der Waals surface area contributed by atoms with Crippen LogP contribution < -0.4 is 0 Å². The van der Waals surface area contributed by atoms with Gasteiger partial charge in [-0.3, -0.25) is 14.4 Å². The first-order chi connectivity index (χ1) is 19.3. The summed E-state index contributed by atoms with van der Waals surface area (Å²) in [6.07, 6.45) is 0.245. The number of hydrogen-bond acceptors (Lipinski definition) is 11. The van der Waals surface area contributed by atoms with Crippen molar-refractivity contribution in [3.05, 3.63) is 0 Å². The molecule has 9 aliphatic rings. The molecule has 14 unspecified atom stereocenters. The molecule has 1 N–H and O–H groups in total. The van der Waals surface area contributed by atoms with Gasteiger partial charge in [-0.15, -0.1) is 0 Å². The molecule has 6 heterocycles. The second kappa shape index (κ2) is 6.90. The van der Waals surface area contributed by atoms with E-state index in [2.05, 4.69) is 0 Å². The molecular formula is C30H36O11. The predicted octanol–water partition coefficient (Wildman–Crippen LogP) is 1.01. The van der Waals surface area contributed by atoms with Crippen molar-refractivity contribution in [3.8, 4) is 0 Å². The normalized spacial score (nSPS) is 62.5. The standard InChI is InChI=1S/C30H36O11/c1-5-36-13-8-17(31)25(3)14-6-7-27(35)23(34)40-26(4)19-11-24(2)16(22(33)38-19)12-37-29(21(32)20(24)30(26,27)41-29)15(14)9-18-28(25,10-13)39-18/h13-16,18-20,35H,5-12H2,1-4H3. The van der Waals surface area contributed by atoms with Crippen LogP contribution in [0.5, 0.6) is 0 Å². The number of fused-ring (bicyclic) bond motifs is 4. The molecule has 6 aliphatic heterocycles. The molecule has 0 aromatic carbocycles. The number of Topliss-reactive ketones (excluding diaryl/α,β-unsaturated/α-hetero) is 2. The van der Waals surface area contributed by atoms with Gasteiger partial charge in [0.25, 0.3) is 0 Å². The molecule has 3 saturated carbocycles. The molecule has 11 heteroatoms. The van der Waals surface area contributed by atoms with Crippen molar-refractivity contribution in [1.29, 1.82) is 0 Å². The molecule has 41 heavy (non-hydrogen) atoms. The van der Waals surface area contributed by atoms with Crippen LogP contribution in [0.1, 0.15) is 66.2 Å². The highest BCUT2D eigenvalue weighted by Crippen LogP contribution is 2.77. The summed E-state index contributed by atoms with van der Waals surface area (Å²) in [5.74, 6) is -6.56. The second-order valence-corrected chi connectivity index (χ2v) is 14.8. The molecular weight excluding hydrogens is 536 g/mol. The number of carbonyl (C=O) groups excluding carboxylic acids is 4. The lowest BCUT2D eigenvalue weighted by Gasteiger charge is -2.63. The van der Waals surface area contributed by atoms with Gasteiger partial charge in [0.1, 0.15) is 17.5 Å². The van der Waals surface area contributed by atoms with Crippen LogP contribution in [0, 0.1) is 34.5 Å². The van der Waals surface area contributed by atoms with E-state index in [9.17, 15) is 19.5 Å². The zero-order valence-corrected chi connectivity index (χ0v) is 23.7. The van der Waals surface area contributed by atoms with Crippen LogP contribution in [-0.2, 0) is 47.6 Å². The number of aliphatic hydroxyl groups is 1. The van der Waals surface area contributed by atoms with Crippen molar-refractivity contribution < 1.29 is 52.7 Å². The van der Waals surface area contributed by atoms with E-state index in [1.165, 1.54) is 0 Å². The van der Waals surface area contributed by atoms with Gasteiger partial charge in [0.05, 0.1) is 36.1 Å². The van der Waals surface area contributed by atoms with E-state index in [0.717, 1.165) is 0 Å². The van der Waals surface area contributed by atoms with Gasteiger partial charge in [0.2, 0.25) is 5.79 Å².